The molecule has 1 aromatic rings. The van der Waals surface area contributed by atoms with E-state index in [1.807, 2.05) is 20.8 Å². The van der Waals surface area contributed by atoms with Gasteiger partial charge in [0.05, 0.1) is 6.10 Å². The number of nitrogens with one attached hydrogen (secondary N) is 1. The van der Waals surface area contributed by atoms with Crippen LogP contribution in [0.15, 0.2) is 42.1 Å². The van der Waals surface area contributed by atoms with Crippen molar-refractivity contribution in [3.8, 4) is 0 Å². The summed E-state index contributed by atoms with van der Waals surface area (Å²) in [5.41, 5.74) is 0.532. The van der Waals surface area contributed by atoms with Crippen molar-refractivity contribution in [2.24, 2.45) is 29.6 Å². The minimum atomic E-state index is -0.841. The van der Waals surface area contributed by atoms with Crippen molar-refractivity contribution in [3.63, 3.8) is 0 Å². The molecule has 0 aromatic carbocycles. The molecule has 0 amide bonds. The molecule has 11 atom stereocenters. The van der Waals surface area contributed by atoms with E-state index in [4.69, 9.17) is 18.9 Å². The lowest BCUT2D eigenvalue weighted by Gasteiger charge is -2.48. The van der Waals surface area contributed by atoms with Gasteiger partial charge in [0.25, 0.3) is 0 Å². The Morgan fingerprint density at radius 2 is 2.08 bits per heavy atom. The lowest BCUT2D eigenvalue weighted by atomic mass is 9.57. The zero-order valence-corrected chi connectivity index (χ0v) is 21.5. The Kier molecular flexibility index (Phi) is 6.64. The summed E-state index contributed by atoms with van der Waals surface area (Å²) in [4.78, 5) is 28.8. The van der Waals surface area contributed by atoms with E-state index in [0.29, 0.717) is 18.5 Å². The molecule has 4 aliphatic rings. The fourth-order valence-corrected chi connectivity index (χ4v) is 7.09. The van der Waals surface area contributed by atoms with E-state index in [9.17, 15) is 14.7 Å². The van der Waals surface area contributed by atoms with E-state index >= 15 is 0 Å². The van der Waals surface area contributed by atoms with Gasteiger partial charge in [-0.1, -0.05) is 39.0 Å². The summed E-state index contributed by atoms with van der Waals surface area (Å²) >= 11 is 0. The number of H-pyrrole nitrogens is 1. The summed E-state index contributed by atoms with van der Waals surface area (Å²) < 4.78 is 24.4. The molecule has 4 bridgehead atoms. The van der Waals surface area contributed by atoms with Crippen molar-refractivity contribution in [3.05, 3.63) is 47.8 Å². The number of rotatable bonds is 4. The highest BCUT2D eigenvalue weighted by atomic mass is 16.6. The molecule has 5 rings (SSSR count). The van der Waals surface area contributed by atoms with Gasteiger partial charge in [0.2, 0.25) is 0 Å². The summed E-state index contributed by atoms with van der Waals surface area (Å²) in [6.45, 7) is 8.01. The number of aliphatic hydroxyl groups is 1. The minimum absolute atomic E-state index is 0.0472. The Labute approximate surface area is 212 Å². The number of methoxy groups -OCH3 is 1. The smallest absolute Gasteiger partial charge is 0.355 e. The fourth-order valence-electron chi connectivity index (χ4n) is 7.09. The van der Waals surface area contributed by atoms with Crippen molar-refractivity contribution in [2.75, 3.05) is 7.11 Å². The van der Waals surface area contributed by atoms with E-state index < -0.39 is 36.0 Å². The van der Waals surface area contributed by atoms with E-state index in [0.717, 1.165) is 5.57 Å². The normalized spacial score (nSPS) is 45.3. The second-order valence-electron chi connectivity index (χ2n) is 10.8. The molecule has 1 saturated heterocycles. The third kappa shape index (κ3) is 3.76. The predicted molar refractivity (Wildman–Crippen MR) is 131 cm³/mol. The molecule has 196 valence electrons. The standard InChI is InChI=1S/C28H37NO7/c1-6-20-14(2)12-15(3)28-17(13-21(33-5)27(32)34-20)9-10-18-22(28)23(30)16(4)24(25(18)36-28)35-26(31)19-8-7-11-29-19/h7-12,14,16-18,20-25,29-30H,6,13H2,1-5H3/b15-12+/t14-,16-,17-,18?,20-,21+,22?,23-,24-,25-,28+/m1/s1. The van der Waals surface area contributed by atoms with Gasteiger partial charge in [-0.25, -0.2) is 9.59 Å². The van der Waals surface area contributed by atoms with Gasteiger partial charge < -0.3 is 29.0 Å². The molecule has 1 aromatic heterocycles. The number of esters is 2. The van der Waals surface area contributed by atoms with Crippen LogP contribution in [0, 0.1) is 29.6 Å². The van der Waals surface area contributed by atoms with Crippen LogP contribution in [-0.4, -0.2) is 65.3 Å². The fraction of sp³-hybridized carbons (Fsp3) is 0.643. The monoisotopic (exact) mass is 499 g/mol. The Morgan fingerprint density at radius 3 is 2.75 bits per heavy atom. The molecule has 0 radical (unpaired) electrons. The molecule has 8 heteroatoms. The van der Waals surface area contributed by atoms with E-state index in [1.54, 1.807) is 18.3 Å². The predicted octanol–water partition coefficient (Wildman–Crippen LogP) is 3.43. The molecule has 8 nitrogen and oxygen atoms in total. The van der Waals surface area contributed by atoms with Crippen LogP contribution in [-0.2, 0) is 23.7 Å². The van der Waals surface area contributed by atoms with Crippen LogP contribution >= 0.6 is 0 Å². The molecular formula is C28H37NO7. The van der Waals surface area contributed by atoms with Gasteiger partial charge in [-0.2, -0.15) is 0 Å². The average Bonchev–Trinajstić information content (AvgIpc) is 3.46. The molecule has 2 unspecified atom stereocenters. The third-order valence-corrected chi connectivity index (χ3v) is 8.95. The van der Waals surface area contributed by atoms with Gasteiger partial charge in [-0.15, -0.1) is 0 Å². The minimum Gasteiger partial charge on any atom is -0.460 e. The maximum absolute atomic E-state index is 13.0. The first kappa shape index (κ1) is 25.2. The molecule has 2 aliphatic carbocycles. The molecule has 2 fully saturated rings. The lowest BCUT2D eigenvalue weighted by Crippen LogP contribution is -2.57. The number of hydrogen-bond donors (Lipinski definition) is 2. The SMILES string of the molecule is CC[C@H]1OC(=O)[C@@H](OC)C[C@H]2C=CC3C4[C@H](O)[C@@H](C)[C@@H](OC(=O)c5ccc[nH]5)[C@@H]3O[C@]42/C(C)=C/[C@H]1C. The van der Waals surface area contributed by atoms with E-state index in [2.05, 4.69) is 30.1 Å². The Balaban J connectivity index is 1.57. The summed E-state index contributed by atoms with van der Waals surface area (Å²) in [6.07, 6.45) is 6.19. The Morgan fingerprint density at radius 1 is 1.31 bits per heavy atom. The number of hydrogen-bond acceptors (Lipinski definition) is 7. The first-order valence-electron chi connectivity index (χ1n) is 13.0. The number of cyclic esters (lactones) is 1. The maximum atomic E-state index is 13.0. The number of ether oxygens (including phenoxy) is 4. The first-order valence-corrected chi connectivity index (χ1v) is 13.0. The number of aromatic amines is 1. The second-order valence-corrected chi connectivity index (χ2v) is 10.8. The van der Waals surface area contributed by atoms with E-state index in [1.165, 1.54) is 7.11 Å². The van der Waals surface area contributed by atoms with Crippen molar-refractivity contribution in [2.45, 2.75) is 76.7 Å². The number of carbonyl (C=O) groups excluding carboxylic acids is 2. The van der Waals surface area contributed by atoms with Crippen molar-refractivity contribution in [1.29, 1.82) is 0 Å². The number of carbonyl (C=O) groups is 2. The third-order valence-electron chi connectivity index (χ3n) is 8.95. The van der Waals surface area contributed by atoms with Crippen molar-refractivity contribution >= 4 is 11.9 Å². The molecular weight excluding hydrogens is 462 g/mol. The molecule has 2 aliphatic heterocycles. The maximum Gasteiger partial charge on any atom is 0.355 e. The molecule has 1 spiro atoms. The first-order chi connectivity index (χ1) is 17.2. The van der Waals surface area contributed by atoms with Gasteiger partial charge in [0.1, 0.15) is 29.6 Å². The highest BCUT2D eigenvalue weighted by molar-refractivity contribution is 5.87. The highest BCUT2D eigenvalue weighted by Crippen LogP contribution is 2.61. The van der Waals surface area contributed by atoms with Gasteiger partial charge in [0, 0.05) is 42.9 Å². The van der Waals surface area contributed by atoms with Gasteiger partial charge in [0.15, 0.2) is 6.10 Å². The van der Waals surface area contributed by atoms with Crippen LogP contribution < -0.4 is 0 Å². The average molecular weight is 500 g/mol. The Bertz CT molecular complexity index is 1050. The molecule has 2 N–H and O–H groups in total. The largest absolute Gasteiger partial charge is 0.460 e. The highest BCUT2D eigenvalue weighted by Gasteiger charge is 2.69. The second kappa shape index (κ2) is 9.47. The number of aliphatic hydroxyl groups excluding tert-OH is 1. The number of aromatic nitrogens is 1. The van der Waals surface area contributed by atoms with Crippen LogP contribution in [0.25, 0.3) is 0 Å². The quantitative estimate of drug-likeness (QED) is 0.483. The van der Waals surface area contributed by atoms with Gasteiger partial charge in [-0.3, -0.25) is 0 Å². The Hall–Kier alpha value is -2.42. The summed E-state index contributed by atoms with van der Waals surface area (Å²) in [7, 11) is 1.52. The summed E-state index contributed by atoms with van der Waals surface area (Å²) in [6, 6.07) is 3.41. The van der Waals surface area contributed by atoms with Gasteiger partial charge >= 0.3 is 11.9 Å². The van der Waals surface area contributed by atoms with Gasteiger partial charge in [-0.05, 0) is 37.5 Å². The lowest BCUT2D eigenvalue weighted by molar-refractivity contribution is -0.166. The van der Waals surface area contributed by atoms with Crippen LogP contribution in [0.5, 0.6) is 0 Å². The summed E-state index contributed by atoms with van der Waals surface area (Å²) in [5.74, 6) is -1.78. The van der Waals surface area contributed by atoms with E-state index in [-0.39, 0.29) is 41.7 Å². The van der Waals surface area contributed by atoms with Crippen LogP contribution in [0.3, 0.4) is 0 Å². The van der Waals surface area contributed by atoms with Crippen LogP contribution in [0.1, 0.15) is 51.0 Å². The molecule has 3 heterocycles. The summed E-state index contributed by atoms with van der Waals surface area (Å²) in [5, 5.41) is 11.7. The molecule has 36 heavy (non-hydrogen) atoms. The zero-order chi connectivity index (χ0) is 25.8. The van der Waals surface area contributed by atoms with Crippen LogP contribution in [0.2, 0.25) is 0 Å². The van der Waals surface area contributed by atoms with Crippen molar-refractivity contribution in [1.82, 2.24) is 4.98 Å². The van der Waals surface area contributed by atoms with Crippen LogP contribution in [0.4, 0.5) is 0 Å². The van der Waals surface area contributed by atoms with Crippen molar-refractivity contribution < 1.29 is 33.6 Å². The molecule has 1 saturated carbocycles. The zero-order valence-electron chi connectivity index (χ0n) is 21.5. The topological polar surface area (TPSA) is 107 Å².